The van der Waals surface area contributed by atoms with E-state index in [9.17, 15) is 9.59 Å². The van der Waals surface area contributed by atoms with Crippen molar-refractivity contribution in [1.82, 2.24) is 15.1 Å². The number of piperidine rings is 1. The van der Waals surface area contributed by atoms with Crippen molar-refractivity contribution in [3.63, 3.8) is 0 Å². The van der Waals surface area contributed by atoms with Crippen molar-refractivity contribution in [1.29, 1.82) is 0 Å². The number of rotatable bonds is 6. The molecule has 1 aliphatic carbocycles. The van der Waals surface area contributed by atoms with Crippen LogP contribution in [-0.4, -0.2) is 54.3 Å². The van der Waals surface area contributed by atoms with Gasteiger partial charge in [-0.2, -0.15) is 0 Å². The predicted molar refractivity (Wildman–Crippen MR) is 105 cm³/mol. The third-order valence-corrected chi connectivity index (χ3v) is 6.26. The molecular formula is C22H31N3O2. The van der Waals surface area contributed by atoms with Crippen LogP contribution in [0.15, 0.2) is 30.3 Å². The Morgan fingerprint density at radius 3 is 2.22 bits per heavy atom. The first kappa shape index (κ1) is 18.5. The molecule has 3 aliphatic rings. The Kier molecular flexibility index (Phi) is 5.77. The molecule has 2 heterocycles. The highest BCUT2D eigenvalue weighted by Gasteiger charge is 2.36. The van der Waals surface area contributed by atoms with Crippen LogP contribution in [0.5, 0.6) is 0 Å². The van der Waals surface area contributed by atoms with Gasteiger partial charge in [0.25, 0.3) is 0 Å². The molecular weight excluding hydrogens is 338 g/mol. The fourth-order valence-corrected chi connectivity index (χ4v) is 4.38. The van der Waals surface area contributed by atoms with Crippen molar-refractivity contribution in [2.24, 2.45) is 11.8 Å². The molecule has 1 N–H and O–H groups in total. The highest BCUT2D eigenvalue weighted by atomic mass is 16.2. The zero-order valence-corrected chi connectivity index (χ0v) is 16.1. The van der Waals surface area contributed by atoms with E-state index in [-0.39, 0.29) is 23.8 Å². The molecule has 0 spiro atoms. The van der Waals surface area contributed by atoms with Crippen LogP contribution in [0.2, 0.25) is 0 Å². The monoisotopic (exact) mass is 369 g/mol. The summed E-state index contributed by atoms with van der Waals surface area (Å²) in [5.41, 5.74) is 1.18. The molecule has 1 saturated carbocycles. The highest BCUT2D eigenvalue weighted by molar-refractivity contribution is 5.82. The molecule has 2 amide bonds. The summed E-state index contributed by atoms with van der Waals surface area (Å²) in [5.74, 6) is 0.767. The summed E-state index contributed by atoms with van der Waals surface area (Å²) in [6.07, 6.45) is 6.18. The third-order valence-electron chi connectivity index (χ3n) is 6.26. The Labute approximate surface area is 162 Å². The molecule has 4 rings (SSSR count). The summed E-state index contributed by atoms with van der Waals surface area (Å²) in [4.78, 5) is 29.6. The van der Waals surface area contributed by atoms with Crippen LogP contribution in [0.25, 0.3) is 0 Å². The van der Waals surface area contributed by atoms with E-state index in [1.54, 1.807) is 0 Å². The summed E-state index contributed by atoms with van der Waals surface area (Å²) in [6, 6.07) is 10.4. The van der Waals surface area contributed by atoms with Gasteiger partial charge in [0.05, 0.1) is 6.04 Å². The number of amides is 2. The molecule has 0 aromatic heterocycles. The molecule has 0 bridgehead atoms. The minimum atomic E-state index is 0.0260. The molecule has 1 aromatic rings. The lowest BCUT2D eigenvalue weighted by molar-refractivity contribution is -0.136. The van der Waals surface area contributed by atoms with E-state index in [1.165, 1.54) is 18.4 Å². The van der Waals surface area contributed by atoms with Crippen LogP contribution < -0.4 is 5.32 Å². The summed E-state index contributed by atoms with van der Waals surface area (Å²) in [6.45, 7) is 4.60. The molecule has 1 unspecified atom stereocenters. The average molecular weight is 370 g/mol. The quantitative estimate of drug-likeness (QED) is 0.839. The average Bonchev–Trinajstić information content (AvgIpc) is 3.44. The van der Waals surface area contributed by atoms with Crippen molar-refractivity contribution in [3.8, 4) is 0 Å². The maximum absolute atomic E-state index is 12.9. The fourth-order valence-electron chi connectivity index (χ4n) is 4.38. The number of benzene rings is 1. The van der Waals surface area contributed by atoms with Crippen molar-refractivity contribution in [2.75, 3.05) is 32.7 Å². The van der Waals surface area contributed by atoms with Gasteiger partial charge in [-0.15, -0.1) is 0 Å². The third kappa shape index (κ3) is 4.70. The Morgan fingerprint density at radius 2 is 1.59 bits per heavy atom. The molecule has 27 heavy (non-hydrogen) atoms. The van der Waals surface area contributed by atoms with E-state index >= 15 is 0 Å². The van der Waals surface area contributed by atoms with Crippen LogP contribution in [0.4, 0.5) is 0 Å². The summed E-state index contributed by atoms with van der Waals surface area (Å²) < 4.78 is 0. The molecule has 5 nitrogen and oxygen atoms in total. The standard InChI is InChI=1S/C22H31N3O2/c26-21(18-10-14-25(15-11-18)22(27)19-8-9-19)23-20(16-24-12-4-5-13-24)17-6-2-1-3-7-17/h1-3,6-7,18-20H,4-5,8-16H2,(H,23,26). The largest absolute Gasteiger partial charge is 0.348 e. The number of nitrogens with one attached hydrogen (secondary N) is 1. The van der Waals surface area contributed by atoms with Crippen LogP contribution in [0, 0.1) is 11.8 Å². The lowest BCUT2D eigenvalue weighted by Crippen LogP contribution is -2.45. The second kappa shape index (κ2) is 8.42. The Hall–Kier alpha value is -1.88. The molecule has 5 heteroatoms. The smallest absolute Gasteiger partial charge is 0.225 e. The predicted octanol–water partition coefficient (Wildman–Crippen LogP) is 2.59. The van der Waals surface area contributed by atoms with Gasteiger partial charge in [-0.25, -0.2) is 0 Å². The van der Waals surface area contributed by atoms with Gasteiger partial charge in [0.15, 0.2) is 0 Å². The van der Waals surface area contributed by atoms with Gasteiger partial charge in [-0.05, 0) is 57.2 Å². The minimum Gasteiger partial charge on any atom is -0.348 e. The lowest BCUT2D eigenvalue weighted by atomic mass is 9.94. The van der Waals surface area contributed by atoms with Gasteiger partial charge in [0.2, 0.25) is 11.8 Å². The molecule has 1 aromatic carbocycles. The lowest BCUT2D eigenvalue weighted by Gasteiger charge is -2.33. The van der Waals surface area contributed by atoms with Crippen LogP contribution in [-0.2, 0) is 9.59 Å². The van der Waals surface area contributed by atoms with E-state index in [0.29, 0.717) is 5.91 Å². The van der Waals surface area contributed by atoms with Gasteiger partial charge in [-0.1, -0.05) is 30.3 Å². The topological polar surface area (TPSA) is 52.7 Å². The van der Waals surface area contributed by atoms with E-state index < -0.39 is 0 Å². The normalized spacial score (nSPS) is 22.6. The van der Waals surface area contributed by atoms with Gasteiger partial charge in [0.1, 0.15) is 0 Å². The molecule has 2 aliphatic heterocycles. The maximum atomic E-state index is 12.9. The first-order valence-corrected chi connectivity index (χ1v) is 10.6. The van der Waals surface area contributed by atoms with Crippen molar-refractivity contribution in [3.05, 3.63) is 35.9 Å². The maximum Gasteiger partial charge on any atom is 0.225 e. The SMILES string of the molecule is O=C(NC(CN1CCCC1)c1ccccc1)C1CCN(C(=O)C2CC2)CC1. The summed E-state index contributed by atoms with van der Waals surface area (Å²) >= 11 is 0. The molecule has 1 atom stereocenters. The molecule has 0 radical (unpaired) electrons. The zero-order chi connectivity index (χ0) is 18.6. The molecule has 146 valence electrons. The van der Waals surface area contributed by atoms with Crippen LogP contribution in [0.1, 0.15) is 50.1 Å². The van der Waals surface area contributed by atoms with Crippen molar-refractivity contribution in [2.45, 2.75) is 44.6 Å². The second-order valence-corrected chi connectivity index (χ2v) is 8.35. The van der Waals surface area contributed by atoms with E-state index in [4.69, 9.17) is 0 Å². The number of carbonyl (C=O) groups is 2. The summed E-state index contributed by atoms with van der Waals surface area (Å²) in [5, 5.41) is 3.33. The first-order valence-electron chi connectivity index (χ1n) is 10.6. The van der Waals surface area contributed by atoms with Crippen LogP contribution in [0.3, 0.4) is 0 Å². The van der Waals surface area contributed by atoms with E-state index in [0.717, 1.165) is 58.4 Å². The number of likely N-dealkylation sites (tertiary alicyclic amines) is 2. The van der Waals surface area contributed by atoms with Crippen molar-refractivity contribution < 1.29 is 9.59 Å². The number of carbonyl (C=O) groups excluding carboxylic acids is 2. The summed E-state index contributed by atoms with van der Waals surface area (Å²) in [7, 11) is 0. The van der Waals surface area contributed by atoms with E-state index in [1.807, 2.05) is 23.1 Å². The molecule has 2 saturated heterocycles. The number of hydrogen-bond acceptors (Lipinski definition) is 3. The number of nitrogens with zero attached hydrogens (tertiary/aromatic N) is 2. The first-order chi connectivity index (χ1) is 13.2. The van der Waals surface area contributed by atoms with Gasteiger partial charge in [0, 0.05) is 31.5 Å². The number of hydrogen-bond donors (Lipinski definition) is 1. The van der Waals surface area contributed by atoms with Gasteiger partial charge >= 0.3 is 0 Å². The Balaban J connectivity index is 1.34. The second-order valence-electron chi connectivity index (χ2n) is 8.35. The zero-order valence-electron chi connectivity index (χ0n) is 16.1. The Morgan fingerprint density at radius 1 is 0.926 bits per heavy atom. The van der Waals surface area contributed by atoms with Crippen LogP contribution >= 0.6 is 0 Å². The highest BCUT2D eigenvalue weighted by Crippen LogP contribution is 2.32. The van der Waals surface area contributed by atoms with Gasteiger partial charge < -0.3 is 15.1 Å². The van der Waals surface area contributed by atoms with E-state index in [2.05, 4.69) is 22.3 Å². The van der Waals surface area contributed by atoms with Crippen molar-refractivity contribution >= 4 is 11.8 Å². The molecule has 3 fully saturated rings. The Bertz CT molecular complexity index is 645. The van der Waals surface area contributed by atoms with Gasteiger partial charge in [-0.3, -0.25) is 9.59 Å². The fraction of sp³-hybridized carbons (Fsp3) is 0.636. The minimum absolute atomic E-state index is 0.0260.